The summed E-state index contributed by atoms with van der Waals surface area (Å²) in [5.74, 6) is 0.689. The molecular formula is C23H20N4OS. The average Bonchev–Trinajstić information content (AvgIpc) is 3.15. The molecule has 29 heavy (non-hydrogen) atoms. The second-order valence-electron chi connectivity index (χ2n) is 7.87. The number of nitrogens with one attached hydrogen (secondary N) is 1. The van der Waals surface area contributed by atoms with Crippen molar-refractivity contribution in [3.05, 3.63) is 64.0 Å². The smallest absolute Gasteiger partial charge is 0.322 e. The summed E-state index contributed by atoms with van der Waals surface area (Å²) in [5.41, 5.74) is 6.37. The number of rotatable bonds is 4. The van der Waals surface area contributed by atoms with Crippen LogP contribution >= 0.6 is 11.3 Å². The summed E-state index contributed by atoms with van der Waals surface area (Å²) >= 11 is 1.77. The van der Waals surface area contributed by atoms with Crippen LogP contribution in [-0.2, 0) is 6.42 Å². The molecule has 2 amide bonds. The van der Waals surface area contributed by atoms with Crippen molar-refractivity contribution in [3.63, 3.8) is 0 Å². The Bertz CT molecular complexity index is 1130. The minimum absolute atomic E-state index is 0.0301. The van der Waals surface area contributed by atoms with Crippen molar-refractivity contribution in [2.75, 3.05) is 11.4 Å². The number of thiazole rings is 1. The van der Waals surface area contributed by atoms with Crippen LogP contribution in [0.25, 0.3) is 11.3 Å². The molecule has 3 aliphatic rings. The molecule has 0 spiro atoms. The molecule has 6 heteroatoms. The van der Waals surface area contributed by atoms with E-state index in [2.05, 4.69) is 46.0 Å². The number of nitrogens with zero attached hydrogens (tertiary/aromatic N) is 3. The van der Waals surface area contributed by atoms with E-state index in [1.54, 1.807) is 11.3 Å². The van der Waals surface area contributed by atoms with Crippen LogP contribution in [0.2, 0.25) is 0 Å². The molecule has 1 saturated heterocycles. The normalized spacial score (nSPS) is 20.2. The first-order valence-electron chi connectivity index (χ1n) is 10.0. The molecule has 0 radical (unpaired) electrons. The van der Waals surface area contributed by atoms with E-state index in [-0.39, 0.29) is 12.1 Å². The predicted octanol–water partition coefficient (Wildman–Crippen LogP) is 5.22. The van der Waals surface area contributed by atoms with Crippen LogP contribution in [-0.4, -0.2) is 23.8 Å². The Kier molecular flexibility index (Phi) is 3.81. The highest BCUT2D eigenvalue weighted by atomic mass is 32.1. The topological polar surface area (TPSA) is 57.6 Å². The molecule has 2 fully saturated rings. The van der Waals surface area contributed by atoms with E-state index in [1.807, 2.05) is 23.2 Å². The van der Waals surface area contributed by atoms with Crippen LogP contribution in [0.1, 0.15) is 40.9 Å². The monoisotopic (exact) mass is 400 g/mol. The fraction of sp³-hybridized carbons (Fsp3) is 0.261. The fourth-order valence-corrected chi connectivity index (χ4v) is 5.12. The summed E-state index contributed by atoms with van der Waals surface area (Å²) in [4.78, 5) is 23.7. The highest BCUT2D eigenvalue weighted by Gasteiger charge is 2.33. The second-order valence-corrected chi connectivity index (χ2v) is 8.76. The molecule has 1 aliphatic carbocycles. The van der Waals surface area contributed by atoms with Gasteiger partial charge in [-0.2, -0.15) is 0 Å². The average molecular weight is 401 g/mol. The second kappa shape index (κ2) is 6.52. The minimum atomic E-state index is -0.0606. The van der Waals surface area contributed by atoms with Gasteiger partial charge in [0.05, 0.1) is 22.4 Å². The molecular weight excluding hydrogens is 380 g/mol. The van der Waals surface area contributed by atoms with Crippen molar-refractivity contribution in [2.24, 2.45) is 4.99 Å². The Morgan fingerprint density at radius 2 is 1.97 bits per heavy atom. The van der Waals surface area contributed by atoms with Gasteiger partial charge in [-0.25, -0.2) is 9.78 Å². The Morgan fingerprint density at radius 3 is 2.79 bits per heavy atom. The van der Waals surface area contributed by atoms with Gasteiger partial charge in [-0.05, 0) is 36.1 Å². The molecule has 1 N–H and O–H groups in total. The first-order valence-corrected chi connectivity index (χ1v) is 10.9. The van der Waals surface area contributed by atoms with Gasteiger partial charge in [0, 0.05) is 41.7 Å². The van der Waals surface area contributed by atoms with E-state index in [1.165, 1.54) is 23.4 Å². The van der Waals surface area contributed by atoms with Gasteiger partial charge >= 0.3 is 6.03 Å². The molecule has 1 saturated carbocycles. The van der Waals surface area contributed by atoms with Gasteiger partial charge in [-0.1, -0.05) is 30.3 Å². The van der Waals surface area contributed by atoms with Crippen molar-refractivity contribution in [2.45, 2.75) is 31.2 Å². The van der Waals surface area contributed by atoms with Gasteiger partial charge in [-0.3, -0.25) is 9.89 Å². The number of carbonyl (C=O) groups is 1. The molecule has 1 aromatic heterocycles. The van der Waals surface area contributed by atoms with Gasteiger partial charge in [0.1, 0.15) is 0 Å². The number of fused-ring (bicyclic) bond motifs is 1. The highest BCUT2D eigenvalue weighted by molar-refractivity contribution is 7.10. The zero-order valence-electron chi connectivity index (χ0n) is 15.8. The number of hydrogen-bond acceptors (Lipinski definition) is 4. The third-order valence-electron chi connectivity index (χ3n) is 5.91. The van der Waals surface area contributed by atoms with Crippen LogP contribution in [0.15, 0.2) is 52.8 Å². The number of amides is 2. The number of benzene rings is 2. The maximum Gasteiger partial charge on any atom is 0.322 e. The lowest BCUT2D eigenvalue weighted by Crippen LogP contribution is -2.29. The number of hydrogen-bond donors (Lipinski definition) is 1. The lowest BCUT2D eigenvalue weighted by atomic mass is 10.0. The molecule has 0 bridgehead atoms. The molecule has 1 unspecified atom stereocenters. The van der Waals surface area contributed by atoms with E-state index in [0.29, 0.717) is 12.5 Å². The Hall–Kier alpha value is -2.99. The minimum Gasteiger partial charge on any atom is -0.335 e. The molecule has 3 heterocycles. The Morgan fingerprint density at radius 1 is 1.10 bits per heavy atom. The van der Waals surface area contributed by atoms with Gasteiger partial charge in [-0.15, -0.1) is 11.3 Å². The summed E-state index contributed by atoms with van der Waals surface area (Å²) in [7, 11) is 0. The lowest BCUT2D eigenvalue weighted by Gasteiger charge is -2.24. The number of urea groups is 1. The van der Waals surface area contributed by atoms with Gasteiger partial charge in [0.2, 0.25) is 0 Å². The van der Waals surface area contributed by atoms with Crippen molar-refractivity contribution in [1.29, 1.82) is 0 Å². The third-order valence-corrected chi connectivity index (χ3v) is 6.91. The molecule has 3 aromatic rings. The largest absolute Gasteiger partial charge is 0.335 e. The van der Waals surface area contributed by atoms with Gasteiger partial charge in [0.25, 0.3) is 0 Å². The van der Waals surface area contributed by atoms with Crippen molar-refractivity contribution in [3.8, 4) is 11.3 Å². The number of aliphatic imine (C=N–C) groups is 1. The summed E-state index contributed by atoms with van der Waals surface area (Å²) < 4.78 is 0. The first-order chi connectivity index (χ1) is 14.3. The predicted molar refractivity (Wildman–Crippen MR) is 116 cm³/mol. The number of aromatic nitrogens is 1. The molecule has 144 valence electrons. The first kappa shape index (κ1) is 16.9. The number of anilines is 1. The number of carbonyl (C=O) groups excluding carboxylic acids is 1. The SMILES string of the molecule is O=C1NCC(c2ccc(-c3csc(C4CC4)n3)cc2)N1c1ccc2c(c1)N=CC2. The van der Waals surface area contributed by atoms with Crippen LogP contribution in [0, 0.1) is 0 Å². The van der Waals surface area contributed by atoms with E-state index in [9.17, 15) is 4.79 Å². The van der Waals surface area contributed by atoms with Crippen molar-refractivity contribution < 1.29 is 4.79 Å². The van der Waals surface area contributed by atoms with Crippen molar-refractivity contribution >= 4 is 35.0 Å². The van der Waals surface area contributed by atoms with Crippen LogP contribution in [0.5, 0.6) is 0 Å². The zero-order valence-corrected chi connectivity index (χ0v) is 16.7. The summed E-state index contributed by atoms with van der Waals surface area (Å²) in [6.07, 6.45) is 5.34. The standard InChI is InChI=1S/C23H20N4OS/c28-23-25-12-21(27(23)18-8-7-15-9-10-24-19(15)11-18)16-3-1-14(2-4-16)20-13-29-22(26-20)17-5-6-17/h1-4,7-8,10-11,13,17,21H,5-6,9,12H2,(H,25,28). The Labute approximate surface area is 173 Å². The van der Waals surface area contributed by atoms with E-state index >= 15 is 0 Å². The lowest BCUT2D eigenvalue weighted by molar-refractivity contribution is 0.251. The summed E-state index contributed by atoms with van der Waals surface area (Å²) in [5, 5.41) is 6.41. The van der Waals surface area contributed by atoms with Crippen LogP contribution in [0.4, 0.5) is 16.2 Å². The van der Waals surface area contributed by atoms with E-state index in [0.717, 1.165) is 34.6 Å². The summed E-state index contributed by atoms with van der Waals surface area (Å²) in [6, 6.07) is 14.5. The maximum atomic E-state index is 12.6. The molecule has 5 nitrogen and oxygen atoms in total. The van der Waals surface area contributed by atoms with Crippen molar-refractivity contribution in [1.82, 2.24) is 10.3 Å². The molecule has 6 rings (SSSR count). The Balaban J connectivity index is 1.29. The third kappa shape index (κ3) is 2.95. The highest BCUT2D eigenvalue weighted by Crippen LogP contribution is 2.42. The quantitative estimate of drug-likeness (QED) is 0.653. The zero-order chi connectivity index (χ0) is 19.4. The molecule has 2 aliphatic heterocycles. The molecule has 1 atom stereocenters. The van der Waals surface area contributed by atoms with E-state index < -0.39 is 0 Å². The molecule has 2 aromatic carbocycles. The van der Waals surface area contributed by atoms with Crippen LogP contribution in [0.3, 0.4) is 0 Å². The fourth-order valence-electron chi connectivity index (χ4n) is 4.12. The van der Waals surface area contributed by atoms with Crippen LogP contribution < -0.4 is 10.2 Å². The van der Waals surface area contributed by atoms with E-state index in [4.69, 9.17) is 4.98 Å². The van der Waals surface area contributed by atoms with Gasteiger partial charge in [0.15, 0.2) is 0 Å². The maximum absolute atomic E-state index is 12.6. The van der Waals surface area contributed by atoms with Gasteiger partial charge < -0.3 is 5.32 Å². The summed E-state index contributed by atoms with van der Waals surface area (Å²) in [6.45, 7) is 0.598.